The largest absolute Gasteiger partial charge is 0.350 e. The lowest BCUT2D eigenvalue weighted by Gasteiger charge is -2.23. The Hall–Kier alpha value is -2.21. The zero-order chi connectivity index (χ0) is 17.1. The van der Waals surface area contributed by atoms with E-state index < -0.39 is 6.04 Å². The Balaban J connectivity index is 1.63. The molecule has 3 rings (SSSR count). The summed E-state index contributed by atoms with van der Waals surface area (Å²) < 4.78 is 13.6. The Morgan fingerprint density at radius 1 is 1.38 bits per heavy atom. The summed E-state index contributed by atoms with van der Waals surface area (Å²) in [6.45, 7) is 2.55. The number of aryl methyl sites for hydroxylation is 1. The van der Waals surface area contributed by atoms with Gasteiger partial charge >= 0.3 is 0 Å². The highest BCUT2D eigenvalue weighted by Crippen LogP contribution is 2.22. The zero-order valence-corrected chi connectivity index (χ0v) is 14.2. The van der Waals surface area contributed by atoms with Gasteiger partial charge in [-0.2, -0.15) is 0 Å². The molecule has 0 radical (unpaired) electrons. The molecule has 126 valence electrons. The van der Waals surface area contributed by atoms with Crippen molar-refractivity contribution in [2.75, 3.05) is 6.54 Å². The number of carbonyl (C=O) groups is 2. The Morgan fingerprint density at radius 3 is 2.92 bits per heavy atom. The lowest BCUT2D eigenvalue weighted by molar-refractivity contribution is -0.125. The number of hydrogen-bond donors (Lipinski definition) is 1. The van der Waals surface area contributed by atoms with Gasteiger partial charge < -0.3 is 10.2 Å². The molecule has 4 nitrogen and oxygen atoms in total. The number of benzene rings is 1. The number of halogens is 1. The van der Waals surface area contributed by atoms with Crippen LogP contribution in [-0.2, 0) is 11.3 Å². The summed E-state index contributed by atoms with van der Waals surface area (Å²) >= 11 is 1.38. The van der Waals surface area contributed by atoms with E-state index in [9.17, 15) is 14.0 Å². The molecule has 0 saturated carbocycles. The summed E-state index contributed by atoms with van der Waals surface area (Å²) in [4.78, 5) is 27.2. The zero-order valence-electron chi connectivity index (χ0n) is 13.4. The average molecular weight is 346 g/mol. The molecule has 1 fully saturated rings. The van der Waals surface area contributed by atoms with Crippen molar-refractivity contribution in [3.8, 4) is 0 Å². The van der Waals surface area contributed by atoms with Gasteiger partial charge in [-0.1, -0.05) is 18.2 Å². The van der Waals surface area contributed by atoms with Crippen molar-refractivity contribution in [1.29, 1.82) is 0 Å². The normalized spacial score (nSPS) is 17.1. The number of thiophene rings is 1. The molecule has 1 unspecified atom stereocenters. The molecular formula is C18H19FN2O2S. The van der Waals surface area contributed by atoms with E-state index in [-0.39, 0.29) is 24.2 Å². The molecule has 1 atom stereocenters. The van der Waals surface area contributed by atoms with Crippen LogP contribution in [0.25, 0.3) is 0 Å². The van der Waals surface area contributed by atoms with Crippen molar-refractivity contribution in [3.63, 3.8) is 0 Å². The highest BCUT2D eigenvalue weighted by molar-refractivity contribution is 7.12. The second kappa shape index (κ2) is 7.13. The summed E-state index contributed by atoms with van der Waals surface area (Å²) in [5.41, 5.74) is 1.29. The molecule has 1 aliphatic heterocycles. The molecule has 24 heavy (non-hydrogen) atoms. The maximum absolute atomic E-state index is 13.6. The van der Waals surface area contributed by atoms with E-state index in [1.165, 1.54) is 17.4 Å². The number of nitrogens with one attached hydrogen (secondary N) is 1. The Morgan fingerprint density at radius 2 is 2.21 bits per heavy atom. The van der Waals surface area contributed by atoms with Gasteiger partial charge in [0.25, 0.3) is 5.91 Å². The molecule has 1 aliphatic rings. The van der Waals surface area contributed by atoms with Crippen molar-refractivity contribution in [2.24, 2.45) is 0 Å². The van der Waals surface area contributed by atoms with Gasteiger partial charge in [-0.05, 0) is 48.4 Å². The third kappa shape index (κ3) is 3.48. The van der Waals surface area contributed by atoms with Crippen molar-refractivity contribution in [2.45, 2.75) is 32.4 Å². The quantitative estimate of drug-likeness (QED) is 0.925. The highest BCUT2D eigenvalue weighted by Gasteiger charge is 2.34. The van der Waals surface area contributed by atoms with E-state index in [1.54, 1.807) is 30.0 Å². The Kier molecular flexibility index (Phi) is 4.94. The number of likely N-dealkylation sites (tertiary alicyclic amines) is 1. The van der Waals surface area contributed by atoms with Crippen LogP contribution in [-0.4, -0.2) is 29.3 Å². The van der Waals surface area contributed by atoms with Crippen LogP contribution in [0, 0.1) is 12.7 Å². The summed E-state index contributed by atoms with van der Waals surface area (Å²) in [5.74, 6) is -0.556. The fourth-order valence-corrected chi connectivity index (χ4v) is 3.56. The molecule has 2 aromatic rings. The van der Waals surface area contributed by atoms with E-state index in [2.05, 4.69) is 5.32 Å². The highest BCUT2D eigenvalue weighted by atomic mass is 32.1. The molecular weight excluding hydrogens is 327 g/mol. The van der Waals surface area contributed by atoms with E-state index in [0.717, 1.165) is 6.42 Å². The van der Waals surface area contributed by atoms with Gasteiger partial charge in [0.1, 0.15) is 11.9 Å². The standard InChI is InChI=1S/C18H19FN2O2S/c1-12-6-7-13(10-14(12)19)11-20-17(22)15-4-2-8-21(15)18(23)16-5-3-9-24-16/h3,5-7,9-10,15H,2,4,8,11H2,1H3,(H,20,22). The van der Waals surface area contributed by atoms with Crippen LogP contribution in [0.2, 0.25) is 0 Å². The monoisotopic (exact) mass is 346 g/mol. The second-order valence-electron chi connectivity index (χ2n) is 5.94. The topological polar surface area (TPSA) is 49.4 Å². The number of amides is 2. The van der Waals surface area contributed by atoms with Crippen molar-refractivity contribution < 1.29 is 14.0 Å². The number of nitrogens with zero attached hydrogens (tertiary/aromatic N) is 1. The average Bonchev–Trinajstić information content (AvgIpc) is 3.26. The second-order valence-corrected chi connectivity index (χ2v) is 6.88. The van der Waals surface area contributed by atoms with Gasteiger partial charge in [0.05, 0.1) is 4.88 Å². The number of carbonyl (C=O) groups excluding carboxylic acids is 2. The van der Waals surface area contributed by atoms with Gasteiger partial charge in [-0.15, -0.1) is 11.3 Å². The Bertz CT molecular complexity index is 745. The van der Waals surface area contributed by atoms with E-state index in [1.807, 2.05) is 11.4 Å². The molecule has 1 aromatic carbocycles. The molecule has 1 N–H and O–H groups in total. The number of hydrogen-bond acceptors (Lipinski definition) is 3. The van der Waals surface area contributed by atoms with Gasteiger partial charge in [-0.25, -0.2) is 4.39 Å². The fourth-order valence-electron chi connectivity index (χ4n) is 2.88. The maximum Gasteiger partial charge on any atom is 0.264 e. The third-order valence-electron chi connectivity index (χ3n) is 4.25. The molecule has 1 saturated heterocycles. The molecule has 0 bridgehead atoms. The summed E-state index contributed by atoms with van der Waals surface area (Å²) in [5, 5.41) is 4.67. The lowest BCUT2D eigenvalue weighted by atomic mass is 10.1. The predicted octanol–water partition coefficient (Wildman–Crippen LogP) is 3.12. The van der Waals surface area contributed by atoms with E-state index in [4.69, 9.17) is 0 Å². The minimum absolute atomic E-state index is 0.0935. The summed E-state index contributed by atoms with van der Waals surface area (Å²) in [6, 6.07) is 8.07. The first-order valence-corrected chi connectivity index (χ1v) is 8.81. The van der Waals surface area contributed by atoms with Crippen molar-refractivity contribution in [3.05, 3.63) is 57.5 Å². The number of rotatable bonds is 4. The van der Waals surface area contributed by atoms with Crippen LogP contribution in [0.4, 0.5) is 4.39 Å². The SMILES string of the molecule is Cc1ccc(CNC(=O)C2CCCN2C(=O)c2cccs2)cc1F. The lowest BCUT2D eigenvalue weighted by Crippen LogP contribution is -2.45. The van der Waals surface area contributed by atoms with Crippen LogP contribution in [0.15, 0.2) is 35.7 Å². The molecule has 1 aromatic heterocycles. The molecule has 0 spiro atoms. The van der Waals surface area contributed by atoms with Crippen molar-refractivity contribution in [1.82, 2.24) is 10.2 Å². The molecule has 2 heterocycles. The van der Waals surface area contributed by atoms with Gasteiger partial charge in [0, 0.05) is 13.1 Å². The first-order chi connectivity index (χ1) is 11.6. The van der Waals surface area contributed by atoms with Gasteiger partial charge in [-0.3, -0.25) is 9.59 Å². The third-order valence-corrected chi connectivity index (χ3v) is 5.11. The minimum Gasteiger partial charge on any atom is -0.350 e. The van der Waals surface area contributed by atoms with E-state index in [0.29, 0.717) is 29.0 Å². The molecule has 2 amide bonds. The smallest absolute Gasteiger partial charge is 0.264 e. The van der Waals surface area contributed by atoms with Gasteiger partial charge in [0.15, 0.2) is 0 Å². The summed E-state index contributed by atoms with van der Waals surface area (Å²) in [6.07, 6.45) is 1.47. The Labute approximate surface area is 144 Å². The van der Waals surface area contributed by atoms with Crippen molar-refractivity contribution >= 4 is 23.2 Å². The predicted molar refractivity (Wildman–Crippen MR) is 91.4 cm³/mol. The van der Waals surface area contributed by atoms with Crippen LogP contribution in [0.5, 0.6) is 0 Å². The van der Waals surface area contributed by atoms with Crippen LogP contribution in [0.3, 0.4) is 0 Å². The first-order valence-electron chi connectivity index (χ1n) is 7.93. The minimum atomic E-state index is -0.449. The maximum atomic E-state index is 13.6. The van der Waals surface area contributed by atoms with Crippen LogP contribution >= 0.6 is 11.3 Å². The fraction of sp³-hybridized carbons (Fsp3) is 0.333. The van der Waals surface area contributed by atoms with Crippen LogP contribution in [0.1, 0.15) is 33.6 Å². The molecule has 6 heteroatoms. The van der Waals surface area contributed by atoms with E-state index >= 15 is 0 Å². The van der Waals surface area contributed by atoms with Crippen LogP contribution < -0.4 is 5.32 Å². The summed E-state index contributed by atoms with van der Waals surface area (Å²) in [7, 11) is 0. The first kappa shape index (κ1) is 16.6. The van der Waals surface area contributed by atoms with Gasteiger partial charge in [0.2, 0.25) is 5.91 Å². The molecule has 0 aliphatic carbocycles.